The lowest BCUT2D eigenvalue weighted by atomic mass is 10.0. The Labute approximate surface area is 324 Å². The summed E-state index contributed by atoms with van der Waals surface area (Å²) in [6.45, 7) is 2.46. The number of aliphatic hydroxyl groups excluding tert-OH is 1. The van der Waals surface area contributed by atoms with Crippen LogP contribution in [0.2, 0.25) is 0 Å². The van der Waals surface area contributed by atoms with E-state index >= 15 is 0 Å². The fourth-order valence-electron chi connectivity index (χ4n) is 4.97. The number of esters is 2. The van der Waals surface area contributed by atoms with Gasteiger partial charge in [-0.15, -0.1) is 0 Å². The highest BCUT2D eigenvalue weighted by Crippen LogP contribution is 2.43. The number of aliphatic hydroxyl groups is 1. The monoisotopic (exact) mass is 783 g/mol. The molecule has 0 radical (unpaired) electrons. The minimum absolute atomic E-state index is 0.0705. The number of hydrogen-bond acceptors (Lipinski definition) is 10. The lowest BCUT2D eigenvalue weighted by molar-refractivity contribution is -0.161. The van der Waals surface area contributed by atoms with Gasteiger partial charge in [-0.1, -0.05) is 145 Å². The Morgan fingerprint density at radius 3 is 1.76 bits per heavy atom. The molecule has 0 saturated heterocycles. The zero-order valence-electron chi connectivity index (χ0n) is 32.9. The Bertz CT molecular complexity index is 1170. The lowest BCUT2D eigenvalue weighted by Crippen LogP contribution is -2.34. The molecule has 0 aromatic heterocycles. The fraction of sp³-hybridized carbons (Fsp3) is 0.683. The number of phosphoric ester groups is 1. The minimum atomic E-state index is -4.77. The first kappa shape index (κ1) is 51.1. The SMILES string of the molecule is CC/C=C\C/C=C\C/C=C\C/C=C\C=C\C(O)CCCC(=O)O[C@H](COC(=O)CCCCCCCCCCCCCC)COP(=O)(O)OC[C@H](N)C(=O)O. The number of nitrogens with two attached hydrogens (primary N) is 1. The zero-order valence-corrected chi connectivity index (χ0v) is 33.8. The van der Waals surface area contributed by atoms with Crippen molar-refractivity contribution in [3.8, 4) is 0 Å². The number of aliphatic carboxylic acids is 1. The van der Waals surface area contributed by atoms with Crippen LogP contribution >= 0.6 is 7.82 Å². The van der Waals surface area contributed by atoms with Crippen molar-refractivity contribution in [3.63, 3.8) is 0 Å². The Morgan fingerprint density at radius 1 is 0.667 bits per heavy atom. The molecule has 5 N–H and O–H groups in total. The number of allylic oxidation sites excluding steroid dienone is 9. The van der Waals surface area contributed by atoms with Gasteiger partial charge in [0.15, 0.2) is 6.10 Å². The zero-order chi connectivity index (χ0) is 40.1. The molecule has 0 aliphatic heterocycles. The second-order valence-corrected chi connectivity index (χ2v) is 14.7. The molecule has 0 saturated carbocycles. The number of ether oxygens (including phenoxy) is 2. The Kier molecular flexibility index (Phi) is 33.9. The van der Waals surface area contributed by atoms with E-state index < -0.39 is 63.8 Å². The molecule has 0 amide bonds. The molecule has 0 bridgehead atoms. The predicted molar refractivity (Wildman–Crippen MR) is 214 cm³/mol. The van der Waals surface area contributed by atoms with Crippen LogP contribution in [0.4, 0.5) is 0 Å². The molecule has 0 spiro atoms. The van der Waals surface area contributed by atoms with Gasteiger partial charge >= 0.3 is 25.7 Å². The number of carboxylic acid groups (broad SMARTS) is 1. The molecule has 0 rings (SSSR count). The van der Waals surface area contributed by atoms with Crippen molar-refractivity contribution >= 4 is 25.7 Å². The third-order valence-electron chi connectivity index (χ3n) is 8.13. The molecule has 0 aromatic rings. The minimum Gasteiger partial charge on any atom is -0.480 e. The molecule has 0 aliphatic rings. The lowest BCUT2D eigenvalue weighted by Gasteiger charge is -2.20. The third kappa shape index (κ3) is 34.9. The van der Waals surface area contributed by atoms with Crippen molar-refractivity contribution in [3.05, 3.63) is 60.8 Å². The van der Waals surface area contributed by atoms with Gasteiger partial charge in [0.1, 0.15) is 12.6 Å². The Balaban J connectivity index is 4.64. The highest BCUT2D eigenvalue weighted by Gasteiger charge is 2.28. The Hall–Kier alpha value is -2.86. The topological polar surface area (TPSA) is 192 Å². The van der Waals surface area contributed by atoms with Crippen LogP contribution in [0.5, 0.6) is 0 Å². The van der Waals surface area contributed by atoms with E-state index in [-0.39, 0.29) is 19.3 Å². The molecule has 0 aromatic carbocycles. The van der Waals surface area contributed by atoms with E-state index in [9.17, 15) is 28.9 Å². The molecule has 12 nitrogen and oxygen atoms in total. The first-order valence-electron chi connectivity index (χ1n) is 19.9. The number of carbonyl (C=O) groups is 3. The van der Waals surface area contributed by atoms with Crippen molar-refractivity contribution in [1.82, 2.24) is 0 Å². The number of carboxylic acids is 1. The highest BCUT2D eigenvalue weighted by atomic mass is 31.2. The molecule has 0 aliphatic carbocycles. The first-order valence-corrected chi connectivity index (χ1v) is 21.4. The van der Waals surface area contributed by atoms with Crippen molar-refractivity contribution in [2.45, 2.75) is 161 Å². The van der Waals surface area contributed by atoms with Crippen molar-refractivity contribution < 1.29 is 52.6 Å². The maximum absolute atomic E-state index is 12.6. The molecule has 2 unspecified atom stereocenters. The summed E-state index contributed by atoms with van der Waals surface area (Å²) in [6.07, 6.45) is 36.1. The summed E-state index contributed by atoms with van der Waals surface area (Å²) in [7, 11) is -4.77. The molecule has 310 valence electrons. The van der Waals surface area contributed by atoms with Gasteiger partial charge in [0.05, 0.1) is 19.3 Å². The van der Waals surface area contributed by atoms with Crippen LogP contribution in [0.3, 0.4) is 0 Å². The van der Waals surface area contributed by atoms with Gasteiger partial charge in [-0.05, 0) is 44.9 Å². The van der Waals surface area contributed by atoms with Crippen LogP contribution in [0.1, 0.15) is 142 Å². The normalized spacial score (nSPS) is 15.1. The van der Waals surface area contributed by atoms with Gasteiger partial charge in [0.2, 0.25) is 0 Å². The first-order chi connectivity index (χ1) is 26.0. The number of unbranched alkanes of at least 4 members (excludes halogenated alkanes) is 11. The summed E-state index contributed by atoms with van der Waals surface area (Å²) in [6, 6.07) is -1.55. The number of rotatable bonds is 36. The van der Waals surface area contributed by atoms with E-state index in [2.05, 4.69) is 54.8 Å². The Morgan fingerprint density at radius 2 is 1.19 bits per heavy atom. The second kappa shape index (κ2) is 35.8. The fourth-order valence-corrected chi connectivity index (χ4v) is 5.75. The molecule has 13 heteroatoms. The van der Waals surface area contributed by atoms with Crippen LogP contribution in [0.25, 0.3) is 0 Å². The largest absolute Gasteiger partial charge is 0.480 e. The smallest absolute Gasteiger partial charge is 0.472 e. The van der Waals surface area contributed by atoms with Gasteiger partial charge in [0, 0.05) is 12.8 Å². The standard InChI is InChI=1S/C41H70NO11P/c1-3-5-7-9-11-13-15-17-18-20-22-24-26-29-36(43)30-28-32-40(45)53-37(34-51-54(48,49)52-35-38(42)41(46)47)33-50-39(44)31-27-25-23-21-19-16-14-12-10-8-6-4-2/h5,7,11,13,17-18,22,24,26,29,36-38,43H,3-4,6,8-10,12,14-16,19-21,23,25,27-28,30-35,42H2,1-2H3,(H,46,47)(H,48,49)/b7-5-,13-11-,18-17-,24-22-,29-26+/t36?,37-,38+/m1/s1. The quantitative estimate of drug-likeness (QED) is 0.0155. The summed E-state index contributed by atoms with van der Waals surface area (Å²) < 4.78 is 32.4. The summed E-state index contributed by atoms with van der Waals surface area (Å²) in [5.41, 5.74) is 5.31. The van der Waals surface area contributed by atoms with Crippen LogP contribution < -0.4 is 5.73 Å². The van der Waals surface area contributed by atoms with E-state index in [4.69, 9.17) is 24.8 Å². The molecule has 54 heavy (non-hydrogen) atoms. The summed E-state index contributed by atoms with van der Waals surface area (Å²) in [5.74, 6) is -2.61. The maximum atomic E-state index is 12.6. The van der Waals surface area contributed by atoms with Crippen LogP contribution in [0, 0.1) is 0 Å². The van der Waals surface area contributed by atoms with E-state index in [1.165, 1.54) is 51.4 Å². The molecule has 4 atom stereocenters. The van der Waals surface area contributed by atoms with E-state index in [1.54, 1.807) is 12.2 Å². The summed E-state index contributed by atoms with van der Waals surface area (Å²) in [5, 5.41) is 19.1. The van der Waals surface area contributed by atoms with Crippen LogP contribution in [-0.2, 0) is 37.5 Å². The van der Waals surface area contributed by atoms with Crippen molar-refractivity contribution in [1.29, 1.82) is 0 Å². The van der Waals surface area contributed by atoms with E-state index in [0.29, 0.717) is 12.8 Å². The molecular weight excluding hydrogens is 713 g/mol. The highest BCUT2D eigenvalue weighted by molar-refractivity contribution is 7.47. The number of hydrogen-bond donors (Lipinski definition) is 4. The summed E-state index contributed by atoms with van der Waals surface area (Å²) >= 11 is 0. The maximum Gasteiger partial charge on any atom is 0.472 e. The molecule has 0 fully saturated rings. The van der Waals surface area contributed by atoms with Gasteiger partial charge in [-0.25, -0.2) is 4.57 Å². The molecule has 0 heterocycles. The van der Waals surface area contributed by atoms with Gasteiger partial charge in [0.25, 0.3) is 0 Å². The molecular formula is C41H70NO11P. The van der Waals surface area contributed by atoms with Crippen molar-refractivity contribution in [2.75, 3.05) is 19.8 Å². The van der Waals surface area contributed by atoms with Crippen LogP contribution in [-0.4, -0.2) is 71.1 Å². The van der Waals surface area contributed by atoms with Crippen molar-refractivity contribution in [2.24, 2.45) is 5.73 Å². The predicted octanol–water partition coefficient (Wildman–Crippen LogP) is 8.97. The van der Waals surface area contributed by atoms with Gasteiger partial charge in [-0.3, -0.25) is 23.4 Å². The van der Waals surface area contributed by atoms with E-state index in [1.807, 2.05) is 12.2 Å². The van der Waals surface area contributed by atoms with Gasteiger partial charge in [-0.2, -0.15) is 0 Å². The number of phosphoric acid groups is 1. The average Bonchev–Trinajstić information content (AvgIpc) is 3.14. The third-order valence-corrected chi connectivity index (χ3v) is 9.08. The van der Waals surface area contributed by atoms with Gasteiger partial charge < -0.3 is 30.3 Å². The summed E-state index contributed by atoms with van der Waals surface area (Å²) in [4.78, 5) is 45.8. The second-order valence-electron chi connectivity index (χ2n) is 13.2. The number of carbonyl (C=O) groups excluding carboxylic acids is 2. The average molecular weight is 784 g/mol. The van der Waals surface area contributed by atoms with Crippen LogP contribution in [0.15, 0.2) is 60.8 Å². The van der Waals surface area contributed by atoms with E-state index in [0.717, 1.165) is 44.9 Å².